The summed E-state index contributed by atoms with van der Waals surface area (Å²) in [6, 6.07) is 0. The van der Waals surface area contributed by atoms with Crippen molar-refractivity contribution >= 4 is 5.96 Å². The van der Waals surface area contributed by atoms with Gasteiger partial charge in [0.15, 0.2) is 5.96 Å². The van der Waals surface area contributed by atoms with Crippen molar-refractivity contribution in [1.29, 1.82) is 0 Å². The largest absolute Gasteiger partial charge is 0.385 e. The van der Waals surface area contributed by atoms with Crippen LogP contribution in [-0.4, -0.2) is 65.0 Å². The lowest BCUT2D eigenvalue weighted by atomic mass is 10.1. The Morgan fingerprint density at radius 1 is 1.59 bits per heavy atom. The summed E-state index contributed by atoms with van der Waals surface area (Å²) in [6.07, 6.45) is 2.15. The minimum Gasteiger partial charge on any atom is -0.385 e. The van der Waals surface area contributed by atoms with Gasteiger partial charge in [0.25, 0.3) is 0 Å². The van der Waals surface area contributed by atoms with Gasteiger partial charge in [-0.1, -0.05) is 0 Å². The molecule has 0 bridgehead atoms. The monoisotopic (exact) mass is 243 g/mol. The first-order valence-electron chi connectivity index (χ1n) is 6.26. The van der Waals surface area contributed by atoms with Crippen LogP contribution in [0.4, 0.5) is 0 Å². The van der Waals surface area contributed by atoms with Crippen LogP contribution < -0.4 is 5.32 Å². The number of nitrogens with one attached hydrogen (secondary N) is 1. The van der Waals surface area contributed by atoms with Gasteiger partial charge in [0.2, 0.25) is 0 Å². The van der Waals surface area contributed by atoms with Crippen LogP contribution in [0.2, 0.25) is 0 Å². The molecule has 1 N–H and O–H groups in total. The molecule has 0 aromatic carbocycles. The molecule has 5 nitrogen and oxygen atoms in total. The van der Waals surface area contributed by atoms with Crippen molar-refractivity contribution in [2.24, 2.45) is 10.9 Å². The summed E-state index contributed by atoms with van der Waals surface area (Å²) in [5.74, 6) is 1.59. The molecule has 100 valence electrons. The molecular weight excluding hydrogens is 218 g/mol. The van der Waals surface area contributed by atoms with Crippen LogP contribution in [0.25, 0.3) is 0 Å². The second-order valence-electron chi connectivity index (χ2n) is 4.43. The van der Waals surface area contributed by atoms with E-state index in [1.807, 2.05) is 7.05 Å². The second kappa shape index (κ2) is 8.31. The summed E-state index contributed by atoms with van der Waals surface area (Å²) in [4.78, 5) is 6.45. The van der Waals surface area contributed by atoms with Gasteiger partial charge in [0.1, 0.15) is 0 Å². The Labute approximate surface area is 104 Å². The number of methoxy groups -OCH3 is 1. The van der Waals surface area contributed by atoms with Gasteiger partial charge < -0.3 is 19.7 Å². The van der Waals surface area contributed by atoms with Crippen molar-refractivity contribution in [2.45, 2.75) is 12.8 Å². The molecule has 5 heteroatoms. The smallest absolute Gasteiger partial charge is 0.193 e. The fourth-order valence-corrected chi connectivity index (χ4v) is 2.00. The van der Waals surface area contributed by atoms with Crippen molar-refractivity contribution in [2.75, 3.05) is 54.1 Å². The maximum atomic E-state index is 5.38. The zero-order chi connectivity index (χ0) is 12.5. The average Bonchev–Trinajstić information content (AvgIpc) is 2.82. The molecule has 0 aliphatic carbocycles. The first-order chi connectivity index (χ1) is 8.27. The highest BCUT2D eigenvalue weighted by atomic mass is 16.5. The third-order valence-corrected chi connectivity index (χ3v) is 2.94. The highest BCUT2D eigenvalue weighted by Gasteiger charge is 2.18. The lowest BCUT2D eigenvalue weighted by Crippen LogP contribution is -2.41. The molecule has 1 aliphatic rings. The molecule has 0 radical (unpaired) electrons. The Morgan fingerprint density at radius 3 is 3.00 bits per heavy atom. The standard InChI is InChI=1S/C12H25N3O2/c1-13-12(14-6-4-7-16-3)15(2)9-11-5-8-17-10-11/h11H,4-10H2,1-3H3,(H,13,14). The van der Waals surface area contributed by atoms with E-state index in [-0.39, 0.29) is 0 Å². The van der Waals surface area contributed by atoms with Crippen molar-refractivity contribution in [3.63, 3.8) is 0 Å². The van der Waals surface area contributed by atoms with Crippen molar-refractivity contribution < 1.29 is 9.47 Å². The first kappa shape index (κ1) is 14.3. The number of guanidine groups is 1. The number of ether oxygens (including phenoxy) is 2. The Morgan fingerprint density at radius 2 is 2.41 bits per heavy atom. The Bertz CT molecular complexity index is 228. The Balaban J connectivity index is 2.23. The van der Waals surface area contributed by atoms with Gasteiger partial charge in [0, 0.05) is 53.4 Å². The molecule has 0 amide bonds. The van der Waals surface area contributed by atoms with E-state index in [9.17, 15) is 0 Å². The number of hydrogen-bond acceptors (Lipinski definition) is 3. The fourth-order valence-electron chi connectivity index (χ4n) is 2.00. The van der Waals surface area contributed by atoms with E-state index in [2.05, 4.69) is 22.3 Å². The third kappa shape index (κ3) is 5.37. The molecule has 0 aromatic rings. The van der Waals surface area contributed by atoms with Crippen LogP contribution in [0, 0.1) is 5.92 Å². The minimum atomic E-state index is 0.637. The molecule has 17 heavy (non-hydrogen) atoms. The minimum absolute atomic E-state index is 0.637. The summed E-state index contributed by atoms with van der Waals surface area (Å²) in [7, 11) is 5.62. The molecule has 1 fully saturated rings. The molecular formula is C12H25N3O2. The number of nitrogens with zero attached hydrogens (tertiary/aromatic N) is 2. The van der Waals surface area contributed by atoms with Gasteiger partial charge in [-0.05, 0) is 12.8 Å². The lowest BCUT2D eigenvalue weighted by Gasteiger charge is -2.24. The third-order valence-electron chi connectivity index (χ3n) is 2.94. The molecule has 1 heterocycles. The van der Waals surface area contributed by atoms with Gasteiger partial charge >= 0.3 is 0 Å². The van der Waals surface area contributed by atoms with Crippen molar-refractivity contribution in [3.05, 3.63) is 0 Å². The molecule has 0 saturated carbocycles. The molecule has 1 rings (SSSR count). The Kier molecular flexibility index (Phi) is 6.96. The first-order valence-corrected chi connectivity index (χ1v) is 6.26. The summed E-state index contributed by atoms with van der Waals surface area (Å²) in [6.45, 7) is 4.46. The molecule has 0 aromatic heterocycles. The molecule has 1 unspecified atom stereocenters. The second-order valence-corrected chi connectivity index (χ2v) is 4.43. The van der Waals surface area contributed by atoms with E-state index >= 15 is 0 Å². The lowest BCUT2D eigenvalue weighted by molar-refractivity contribution is 0.181. The van der Waals surface area contributed by atoms with E-state index in [1.54, 1.807) is 7.11 Å². The number of rotatable bonds is 6. The summed E-state index contributed by atoms with van der Waals surface area (Å²) in [5.41, 5.74) is 0. The van der Waals surface area contributed by atoms with Crippen LogP contribution >= 0.6 is 0 Å². The summed E-state index contributed by atoms with van der Waals surface area (Å²) >= 11 is 0. The molecule has 0 spiro atoms. The zero-order valence-corrected chi connectivity index (χ0v) is 11.2. The van der Waals surface area contributed by atoms with Crippen LogP contribution in [0.15, 0.2) is 4.99 Å². The van der Waals surface area contributed by atoms with E-state index in [0.717, 1.165) is 51.7 Å². The quantitative estimate of drug-likeness (QED) is 0.421. The van der Waals surface area contributed by atoms with Gasteiger partial charge in [0.05, 0.1) is 6.61 Å². The highest BCUT2D eigenvalue weighted by Crippen LogP contribution is 2.13. The normalized spacial score (nSPS) is 20.6. The van der Waals surface area contributed by atoms with E-state index in [4.69, 9.17) is 9.47 Å². The number of hydrogen-bond donors (Lipinski definition) is 1. The fraction of sp³-hybridized carbons (Fsp3) is 0.917. The van der Waals surface area contributed by atoms with Crippen molar-refractivity contribution in [3.8, 4) is 0 Å². The summed E-state index contributed by atoms with van der Waals surface area (Å²) < 4.78 is 10.4. The molecule has 1 saturated heterocycles. The maximum Gasteiger partial charge on any atom is 0.193 e. The van der Waals surface area contributed by atoms with E-state index < -0.39 is 0 Å². The maximum absolute atomic E-state index is 5.38. The average molecular weight is 243 g/mol. The Hall–Kier alpha value is -0.810. The summed E-state index contributed by atoms with van der Waals surface area (Å²) in [5, 5.41) is 3.33. The van der Waals surface area contributed by atoms with Gasteiger partial charge in [-0.15, -0.1) is 0 Å². The van der Waals surface area contributed by atoms with Crippen LogP contribution in [0.1, 0.15) is 12.8 Å². The van der Waals surface area contributed by atoms with Crippen LogP contribution in [-0.2, 0) is 9.47 Å². The molecule has 1 atom stereocenters. The van der Waals surface area contributed by atoms with E-state index in [1.165, 1.54) is 0 Å². The predicted molar refractivity (Wildman–Crippen MR) is 69.4 cm³/mol. The predicted octanol–water partition coefficient (Wildman–Crippen LogP) is 0.567. The zero-order valence-electron chi connectivity index (χ0n) is 11.2. The van der Waals surface area contributed by atoms with Gasteiger partial charge in [-0.2, -0.15) is 0 Å². The number of aliphatic imine (C=N–C) groups is 1. The van der Waals surface area contributed by atoms with Crippen LogP contribution in [0.5, 0.6) is 0 Å². The topological polar surface area (TPSA) is 46.1 Å². The highest BCUT2D eigenvalue weighted by molar-refractivity contribution is 5.79. The van der Waals surface area contributed by atoms with Crippen LogP contribution in [0.3, 0.4) is 0 Å². The van der Waals surface area contributed by atoms with E-state index in [0.29, 0.717) is 5.92 Å². The molecule has 1 aliphatic heterocycles. The van der Waals surface area contributed by atoms with Crippen molar-refractivity contribution in [1.82, 2.24) is 10.2 Å². The van der Waals surface area contributed by atoms with Gasteiger partial charge in [-0.25, -0.2) is 0 Å². The SMILES string of the molecule is CN=C(NCCCOC)N(C)CC1CCOC1. The van der Waals surface area contributed by atoms with Gasteiger partial charge in [-0.3, -0.25) is 4.99 Å².